The van der Waals surface area contributed by atoms with E-state index in [2.05, 4.69) is 9.97 Å². The smallest absolute Gasteiger partial charge is 0.215 e. The van der Waals surface area contributed by atoms with E-state index in [1.54, 1.807) is 13.3 Å². The van der Waals surface area contributed by atoms with Crippen molar-refractivity contribution in [2.45, 2.75) is 6.54 Å². The van der Waals surface area contributed by atoms with Crippen molar-refractivity contribution in [2.24, 2.45) is 5.73 Å². The molecule has 68 valence electrons. The number of hydrogen-bond donors (Lipinski definition) is 2. The molecule has 0 aliphatic heterocycles. The summed E-state index contributed by atoms with van der Waals surface area (Å²) in [5.41, 5.74) is 7.63. The Morgan fingerprint density at radius 2 is 2.46 bits per heavy atom. The van der Waals surface area contributed by atoms with E-state index < -0.39 is 0 Å². The standard InChI is InChI=1S/C9H11N3O/c1-13-9-2-8-7(5-12-9)6(3-10)4-11-8/h2,4-5,11H,3,10H2,1H3. The van der Waals surface area contributed by atoms with Gasteiger partial charge in [0.15, 0.2) is 0 Å². The van der Waals surface area contributed by atoms with E-state index >= 15 is 0 Å². The largest absolute Gasteiger partial charge is 0.481 e. The lowest BCUT2D eigenvalue weighted by atomic mass is 10.2. The fourth-order valence-corrected chi connectivity index (χ4v) is 1.33. The second-order valence-electron chi connectivity index (χ2n) is 2.79. The van der Waals surface area contributed by atoms with Crippen molar-refractivity contribution in [1.82, 2.24) is 9.97 Å². The lowest BCUT2D eigenvalue weighted by Crippen LogP contribution is -1.94. The summed E-state index contributed by atoms with van der Waals surface area (Å²) in [4.78, 5) is 7.22. The van der Waals surface area contributed by atoms with E-state index in [0.717, 1.165) is 16.5 Å². The van der Waals surface area contributed by atoms with E-state index in [4.69, 9.17) is 10.5 Å². The van der Waals surface area contributed by atoms with Crippen LogP contribution in [0.3, 0.4) is 0 Å². The quantitative estimate of drug-likeness (QED) is 0.720. The van der Waals surface area contributed by atoms with Crippen LogP contribution in [0.5, 0.6) is 5.88 Å². The molecule has 0 radical (unpaired) electrons. The van der Waals surface area contributed by atoms with Crippen molar-refractivity contribution in [3.8, 4) is 5.88 Å². The third-order valence-electron chi connectivity index (χ3n) is 2.06. The molecule has 0 saturated heterocycles. The van der Waals surface area contributed by atoms with E-state index in [1.165, 1.54) is 0 Å². The van der Waals surface area contributed by atoms with Crippen molar-refractivity contribution in [3.05, 3.63) is 24.0 Å². The van der Waals surface area contributed by atoms with Crippen LogP contribution in [-0.4, -0.2) is 17.1 Å². The fourth-order valence-electron chi connectivity index (χ4n) is 1.33. The zero-order valence-electron chi connectivity index (χ0n) is 7.37. The zero-order chi connectivity index (χ0) is 9.26. The van der Waals surface area contributed by atoms with Crippen LogP contribution >= 0.6 is 0 Å². The maximum absolute atomic E-state index is 5.55. The van der Waals surface area contributed by atoms with Gasteiger partial charge < -0.3 is 15.5 Å². The summed E-state index contributed by atoms with van der Waals surface area (Å²) < 4.78 is 5.00. The summed E-state index contributed by atoms with van der Waals surface area (Å²) in [5.74, 6) is 0.609. The first-order valence-corrected chi connectivity index (χ1v) is 4.05. The maximum Gasteiger partial charge on any atom is 0.215 e. The number of rotatable bonds is 2. The van der Waals surface area contributed by atoms with Gasteiger partial charge in [-0.2, -0.15) is 0 Å². The Labute approximate surface area is 75.7 Å². The van der Waals surface area contributed by atoms with Gasteiger partial charge in [-0.05, 0) is 5.56 Å². The van der Waals surface area contributed by atoms with Crippen LogP contribution < -0.4 is 10.5 Å². The minimum Gasteiger partial charge on any atom is -0.481 e. The summed E-state index contributed by atoms with van der Waals surface area (Å²) in [6.45, 7) is 0.522. The van der Waals surface area contributed by atoms with Crippen LogP contribution in [0.25, 0.3) is 10.9 Å². The Morgan fingerprint density at radius 3 is 3.15 bits per heavy atom. The Balaban J connectivity index is 2.61. The third-order valence-corrected chi connectivity index (χ3v) is 2.06. The van der Waals surface area contributed by atoms with Crippen LogP contribution in [0.1, 0.15) is 5.56 Å². The number of hydrogen-bond acceptors (Lipinski definition) is 3. The Kier molecular flexibility index (Phi) is 1.90. The van der Waals surface area contributed by atoms with Crippen molar-refractivity contribution < 1.29 is 4.74 Å². The molecule has 4 heteroatoms. The minimum atomic E-state index is 0.522. The van der Waals surface area contributed by atoms with Gasteiger partial charge >= 0.3 is 0 Å². The highest BCUT2D eigenvalue weighted by Crippen LogP contribution is 2.19. The number of methoxy groups -OCH3 is 1. The highest BCUT2D eigenvalue weighted by atomic mass is 16.5. The van der Waals surface area contributed by atoms with Gasteiger partial charge in [0.25, 0.3) is 0 Å². The molecule has 0 saturated carbocycles. The summed E-state index contributed by atoms with van der Waals surface area (Å²) in [7, 11) is 1.60. The maximum atomic E-state index is 5.55. The Morgan fingerprint density at radius 1 is 1.62 bits per heavy atom. The molecule has 0 atom stereocenters. The van der Waals surface area contributed by atoms with Gasteiger partial charge in [0.1, 0.15) is 0 Å². The van der Waals surface area contributed by atoms with Crippen LogP contribution in [0.15, 0.2) is 18.5 Å². The lowest BCUT2D eigenvalue weighted by Gasteiger charge is -1.97. The van der Waals surface area contributed by atoms with Crippen molar-refractivity contribution in [1.29, 1.82) is 0 Å². The molecule has 4 nitrogen and oxygen atoms in total. The predicted molar refractivity (Wildman–Crippen MR) is 50.5 cm³/mol. The van der Waals surface area contributed by atoms with Crippen LogP contribution in [0.4, 0.5) is 0 Å². The first kappa shape index (κ1) is 8.07. The van der Waals surface area contributed by atoms with E-state index in [1.807, 2.05) is 12.3 Å². The van der Waals surface area contributed by atoms with Gasteiger partial charge in [0.05, 0.1) is 12.6 Å². The molecule has 0 fully saturated rings. The first-order chi connectivity index (χ1) is 6.35. The zero-order valence-corrected chi connectivity index (χ0v) is 7.37. The van der Waals surface area contributed by atoms with Crippen molar-refractivity contribution >= 4 is 10.9 Å². The molecule has 2 aromatic rings. The second-order valence-corrected chi connectivity index (χ2v) is 2.79. The van der Waals surface area contributed by atoms with Gasteiger partial charge in [-0.1, -0.05) is 0 Å². The molecule has 2 aromatic heterocycles. The number of nitrogens with one attached hydrogen (secondary N) is 1. The molecule has 0 aliphatic carbocycles. The number of nitrogens with zero attached hydrogens (tertiary/aromatic N) is 1. The van der Waals surface area contributed by atoms with Gasteiger partial charge in [-0.25, -0.2) is 4.98 Å². The predicted octanol–water partition coefficient (Wildman–Crippen LogP) is 1.03. The number of H-pyrrole nitrogens is 1. The molecule has 0 spiro atoms. The molecule has 0 unspecified atom stereocenters. The monoisotopic (exact) mass is 177 g/mol. The molecule has 0 amide bonds. The van der Waals surface area contributed by atoms with Crippen LogP contribution in [-0.2, 0) is 6.54 Å². The Hall–Kier alpha value is -1.55. The van der Waals surface area contributed by atoms with Crippen molar-refractivity contribution in [3.63, 3.8) is 0 Å². The van der Waals surface area contributed by atoms with Gasteiger partial charge in [-0.3, -0.25) is 0 Å². The van der Waals surface area contributed by atoms with Crippen LogP contribution in [0.2, 0.25) is 0 Å². The molecule has 3 N–H and O–H groups in total. The lowest BCUT2D eigenvalue weighted by molar-refractivity contribution is 0.398. The summed E-state index contributed by atoms with van der Waals surface area (Å²) >= 11 is 0. The summed E-state index contributed by atoms with van der Waals surface area (Å²) in [5, 5.41) is 1.06. The number of pyridine rings is 1. The number of aromatic amines is 1. The molecular weight excluding hydrogens is 166 g/mol. The van der Waals surface area contributed by atoms with E-state index in [9.17, 15) is 0 Å². The Bertz CT molecular complexity index is 422. The molecular formula is C9H11N3O. The number of ether oxygens (including phenoxy) is 1. The van der Waals surface area contributed by atoms with Gasteiger partial charge in [-0.15, -0.1) is 0 Å². The molecule has 2 heterocycles. The molecule has 13 heavy (non-hydrogen) atoms. The SMILES string of the molecule is COc1cc2[nH]cc(CN)c2cn1. The molecule has 0 aromatic carbocycles. The number of aromatic nitrogens is 2. The normalized spacial score (nSPS) is 10.6. The average molecular weight is 177 g/mol. The summed E-state index contributed by atoms with van der Waals surface area (Å²) in [6, 6.07) is 1.86. The molecule has 0 bridgehead atoms. The van der Waals surface area contributed by atoms with Gasteiger partial charge in [0.2, 0.25) is 5.88 Å². The van der Waals surface area contributed by atoms with Gasteiger partial charge in [0, 0.05) is 30.4 Å². The topological polar surface area (TPSA) is 63.9 Å². The second kappa shape index (κ2) is 3.06. The number of fused-ring (bicyclic) bond motifs is 1. The average Bonchev–Trinajstić information content (AvgIpc) is 2.59. The van der Waals surface area contributed by atoms with E-state index in [-0.39, 0.29) is 0 Å². The third kappa shape index (κ3) is 1.25. The fraction of sp³-hybridized carbons (Fsp3) is 0.222. The highest BCUT2D eigenvalue weighted by molar-refractivity contribution is 5.82. The van der Waals surface area contributed by atoms with Crippen LogP contribution in [0, 0.1) is 0 Å². The molecule has 2 rings (SSSR count). The van der Waals surface area contributed by atoms with E-state index in [0.29, 0.717) is 12.4 Å². The number of nitrogens with two attached hydrogens (primary N) is 1. The first-order valence-electron chi connectivity index (χ1n) is 4.05. The highest BCUT2D eigenvalue weighted by Gasteiger charge is 2.03. The molecule has 0 aliphatic rings. The summed E-state index contributed by atoms with van der Waals surface area (Å²) in [6.07, 6.45) is 3.67. The minimum absolute atomic E-state index is 0.522. The van der Waals surface area contributed by atoms with Crippen molar-refractivity contribution in [2.75, 3.05) is 7.11 Å².